The zero-order valence-electron chi connectivity index (χ0n) is 23.9. The molecule has 0 radical (unpaired) electrons. The Kier molecular flexibility index (Phi) is 6.31. The molecule has 2 saturated heterocycles. The fourth-order valence-electron chi connectivity index (χ4n) is 11.0. The Labute approximate surface area is 223 Å². The average molecular weight is 516 g/mol. The maximum absolute atomic E-state index is 12.3. The summed E-state index contributed by atoms with van der Waals surface area (Å²) in [7, 11) is 0. The van der Waals surface area contributed by atoms with E-state index in [9.17, 15) is 9.59 Å². The molecule has 2 aliphatic heterocycles. The molecular formula is C31H49NO5. The number of carbonyl (C=O) groups excluding carboxylic acids is 2. The lowest BCUT2D eigenvalue weighted by Gasteiger charge is -2.63. The van der Waals surface area contributed by atoms with Gasteiger partial charge in [-0.05, 0) is 91.8 Å². The first kappa shape index (κ1) is 26.1. The van der Waals surface area contributed by atoms with E-state index < -0.39 is 0 Å². The number of rotatable bonds is 2. The minimum absolute atomic E-state index is 0.0422. The van der Waals surface area contributed by atoms with Crippen LogP contribution in [-0.4, -0.2) is 42.5 Å². The molecule has 1 amide bonds. The van der Waals surface area contributed by atoms with Crippen molar-refractivity contribution in [3.63, 3.8) is 0 Å². The van der Waals surface area contributed by atoms with Crippen molar-refractivity contribution in [3.05, 3.63) is 0 Å². The van der Waals surface area contributed by atoms with Crippen LogP contribution in [0.15, 0.2) is 0 Å². The Morgan fingerprint density at radius 3 is 2.32 bits per heavy atom. The summed E-state index contributed by atoms with van der Waals surface area (Å²) in [5.41, 5.74) is 0.395. The molecule has 4 aliphatic carbocycles. The molecule has 37 heavy (non-hydrogen) atoms. The van der Waals surface area contributed by atoms with Crippen LogP contribution in [0.3, 0.4) is 0 Å². The van der Waals surface area contributed by atoms with E-state index >= 15 is 0 Å². The monoisotopic (exact) mass is 515 g/mol. The van der Waals surface area contributed by atoms with Gasteiger partial charge in [0.25, 0.3) is 0 Å². The molecule has 1 N–H and O–H groups in total. The van der Waals surface area contributed by atoms with Gasteiger partial charge < -0.3 is 19.5 Å². The van der Waals surface area contributed by atoms with Gasteiger partial charge in [-0.15, -0.1) is 0 Å². The van der Waals surface area contributed by atoms with E-state index in [1.54, 1.807) is 13.8 Å². The van der Waals surface area contributed by atoms with Gasteiger partial charge in [0.05, 0.1) is 12.7 Å². The minimum Gasteiger partial charge on any atom is -0.462 e. The molecule has 6 fully saturated rings. The first-order valence-corrected chi connectivity index (χ1v) is 15.2. The minimum atomic E-state index is -0.376. The van der Waals surface area contributed by atoms with Gasteiger partial charge in [-0.2, -0.15) is 0 Å². The zero-order valence-corrected chi connectivity index (χ0v) is 23.9. The third kappa shape index (κ3) is 3.93. The second-order valence-electron chi connectivity index (χ2n) is 14.6. The van der Waals surface area contributed by atoms with Crippen molar-refractivity contribution in [2.24, 2.45) is 52.3 Å². The number of amides is 1. The van der Waals surface area contributed by atoms with Crippen LogP contribution in [0.1, 0.15) is 99.3 Å². The highest BCUT2D eigenvalue weighted by molar-refractivity contribution is 5.73. The zero-order chi connectivity index (χ0) is 26.3. The highest BCUT2D eigenvalue weighted by Gasteiger charge is 2.70. The Hall–Kier alpha value is -1.14. The van der Waals surface area contributed by atoms with Crippen molar-refractivity contribution < 1.29 is 23.8 Å². The third-order valence-electron chi connectivity index (χ3n) is 12.6. The maximum atomic E-state index is 12.3. The SMILES string of the molecule is CC(=O)N[C@H]1CC[C@@]2(C)[C@H](C1)[C@@H](OC(C)=O)C[C@@H]1[C@@H]2CC[C@]2(C)[C@@H]3[C@H](C[C@@H]12)O[C@]1(CC[C@H](C)CO1)[C@H]3C. The number of nitrogens with one attached hydrogen (secondary N) is 1. The standard InChI is InChI=1S/C31H49NO5/c1-17-7-12-31(35-16-17)18(2)28-27(37-31)15-24-22-14-26(36-20(4)34)25-13-21(32-19(3)33)8-10-29(25,5)23(22)9-11-30(24,28)6/h17-18,21-28H,7-16H2,1-6H3,(H,32,33)/t17-,18-,21-,22+,23-,24-,25+,26-,27-,28-,29+,30-,31+/m0/s1. The Balaban J connectivity index is 1.27. The Morgan fingerprint density at radius 2 is 1.65 bits per heavy atom. The van der Waals surface area contributed by atoms with Crippen molar-refractivity contribution in [3.8, 4) is 0 Å². The van der Waals surface area contributed by atoms with E-state index in [0.717, 1.165) is 45.1 Å². The summed E-state index contributed by atoms with van der Waals surface area (Å²) < 4.78 is 19.6. The van der Waals surface area contributed by atoms with Crippen LogP contribution in [0.5, 0.6) is 0 Å². The molecule has 2 heterocycles. The van der Waals surface area contributed by atoms with Crippen LogP contribution in [0.2, 0.25) is 0 Å². The van der Waals surface area contributed by atoms with E-state index in [1.807, 2.05) is 0 Å². The first-order valence-electron chi connectivity index (χ1n) is 15.2. The lowest BCUT2D eigenvalue weighted by Crippen LogP contribution is -2.60. The largest absolute Gasteiger partial charge is 0.462 e. The van der Waals surface area contributed by atoms with Crippen molar-refractivity contribution in [2.45, 2.75) is 123 Å². The molecule has 0 unspecified atom stereocenters. The topological polar surface area (TPSA) is 73.9 Å². The number of hydrogen-bond donors (Lipinski definition) is 1. The molecular weight excluding hydrogens is 466 g/mol. The summed E-state index contributed by atoms with van der Waals surface area (Å²) in [6.45, 7) is 13.7. The van der Waals surface area contributed by atoms with Gasteiger partial charge in [0, 0.05) is 38.1 Å². The van der Waals surface area contributed by atoms with Crippen LogP contribution in [0.25, 0.3) is 0 Å². The number of hydrogen-bond acceptors (Lipinski definition) is 5. The van der Waals surface area contributed by atoms with Crippen molar-refractivity contribution in [1.29, 1.82) is 0 Å². The van der Waals surface area contributed by atoms with Crippen LogP contribution in [-0.2, 0) is 23.8 Å². The second-order valence-corrected chi connectivity index (χ2v) is 14.6. The molecule has 208 valence electrons. The quantitative estimate of drug-likeness (QED) is 0.493. The average Bonchev–Trinajstić information content (AvgIpc) is 3.26. The number of fused-ring (bicyclic) bond motifs is 7. The molecule has 0 aromatic carbocycles. The molecule has 6 nitrogen and oxygen atoms in total. The van der Waals surface area contributed by atoms with Crippen LogP contribution >= 0.6 is 0 Å². The molecule has 6 heteroatoms. The van der Waals surface area contributed by atoms with Gasteiger partial charge in [0.15, 0.2) is 5.79 Å². The van der Waals surface area contributed by atoms with Gasteiger partial charge in [0.1, 0.15) is 6.10 Å². The summed E-state index contributed by atoms with van der Waals surface area (Å²) >= 11 is 0. The molecule has 4 saturated carbocycles. The van der Waals surface area contributed by atoms with Crippen LogP contribution < -0.4 is 5.32 Å². The lowest BCUT2D eigenvalue weighted by molar-refractivity contribution is -0.273. The highest BCUT2D eigenvalue weighted by Crippen LogP contribution is 2.71. The summed E-state index contributed by atoms with van der Waals surface area (Å²) in [6.07, 6.45) is 10.1. The van der Waals surface area contributed by atoms with Crippen LogP contribution in [0, 0.1) is 52.3 Å². The Bertz CT molecular complexity index is 929. The molecule has 0 bridgehead atoms. The van der Waals surface area contributed by atoms with Gasteiger partial charge in [-0.3, -0.25) is 9.59 Å². The van der Waals surface area contributed by atoms with Gasteiger partial charge in [-0.25, -0.2) is 0 Å². The molecule has 13 atom stereocenters. The number of esters is 1. The van der Waals surface area contributed by atoms with E-state index in [0.29, 0.717) is 41.4 Å². The molecule has 0 aromatic heterocycles. The van der Waals surface area contributed by atoms with Crippen molar-refractivity contribution >= 4 is 11.9 Å². The van der Waals surface area contributed by atoms with E-state index in [1.165, 1.54) is 19.3 Å². The third-order valence-corrected chi connectivity index (χ3v) is 12.6. The Morgan fingerprint density at radius 1 is 0.892 bits per heavy atom. The molecule has 6 rings (SSSR count). The normalized spacial score (nSPS) is 54.5. The van der Waals surface area contributed by atoms with Gasteiger partial charge in [-0.1, -0.05) is 27.7 Å². The van der Waals surface area contributed by atoms with E-state index in [4.69, 9.17) is 14.2 Å². The lowest BCUT2D eigenvalue weighted by atomic mass is 9.43. The fourth-order valence-corrected chi connectivity index (χ4v) is 11.0. The number of carbonyl (C=O) groups is 2. The predicted molar refractivity (Wildman–Crippen MR) is 140 cm³/mol. The van der Waals surface area contributed by atoms with Gasteiger partial charge in [0.2, 0.25) is 5.91 Å². The predicted octanol–water partition coefficient (Wildman–Crippen LogP) is 5.48. The van der Waals surface area contributed by atoms with Crippen molar-refractivity contribution in [2.75, 3.05) is 6.61 Å². The summed E-state index contributed by atoms with van der Waals surface area (Å²) in [5, 5.41) is 3.18. The summed E-state index contributed by atoms with van der Waals surface area (Å²) in [6, 6.07) is 0.188. The van der Waals surface area contributed by atoms with E-state index in [-0.39, 0.29) is 46.7 Å². The summed E-state index contributed by atoms with van der Waals surface area (Å²) in [5.74, 6) is 3.20. The highest BCUT2D eigenvalue weighted by atomic mass is 16.7. The molecule has 0 aromatic rings. The second kappa shape index (κ2) is 8.94. The molecule has 6 aliphatic rings. The number of ether oxygens (including phenoxy) is 3. The van der Waals surface area contributed by atoms with Crippen LogP contribution in [0.4, 0.5) is 0 Å². The summed E-state index contributed by atoms with van der Waals surface area (Å²) in [4.78, 5) is 24.1. The smallest absolute Gasteiger partial charge is 0.302 e. The van der Waals surface area contributed by atoms with Gasteiger partial charge >= 0.3 is 5.97 Å². The molecule has 1 spiro atoms. The van der Waals surface area contributed by atoms with E-state index in [2.05, 4.69) is 33.0 Å². The maximum Gasteiger partial charge on any atom is 0.302 e. The van der Waals surface area contributed by atoms with Crippen molar-refractivity contribution in [1.82, 2.24) is 5.32 Å². The first-order chi connectivity index (χ1) is 17.5. The fraction of sp³-hybridized carbons (Fsp3) is 0.935.